The summed E-state index contributed by atoms with van der Waals surface area (Å²) in [5.74, 6) is -0.689. The summed E-state index contributed by atoms with van der Waals surface area (Å²) in [6.45, 7) is 0. The molecule has 0 spiro atoms. The van der Waals surface area contributed by atoms with Gasteiger partial charge in [0.15, 0.2) is 0 Å². The molecule has 0 unspecified atom stereocenters. The van der Waals surface area contributed by atoms with Crippen LogP contribution in [-0.2, 0) is 10.0 Å². The van der Waals surface area contributed by atoms with E-state index in [2.05, 4.69) is 25.6 Å². The van der Waals surface area contributed by atoms with E-state index in [9.17, 15) is 13.2 Å². The number of sulfonamides is 1. The molecule has 0 saturated heterocycles. The number of carbonyl (C=O) groups is 1. The molecule has 1 amide bonds. The predicted molar refractivity (Wildman–Crippen MR) is 75.6 cm³/mol. The van der Waals surface area contributed by atoms with E-state index in [0.717, 1.165) is 11.3 Å². The van der Waals surface area contributed by atoms with Crippen LogP contribution in [0, 0.1) is 0 Å². The number of hydrogen-bond acceptors (Lipinski definition) is 5. The number of aromatic nitrogens is 1. The molecule has 0 aliphatic heterocycles. The lowest BCUT2D eigenvalue weighted by molar-refractivity contribution is 0.100. The average Bonchev–Trinajstić information content (AvgIpc) is 2.76. The fourth-order valence-electron chi connectivity index (χ4n) is 1.30. The lowest BCUT2D eigenvalue weighted by Gasteiger charge is -2.07. The Hall–Kier alpha value is -1.45. The maximum absolute atomic E-state index is 12.1. The molecule has 0 saturated carbocycles. The van der Waals surface area contributed by atoms with Crippen LogP contribution in [0.5, 0.6) is 0 Å². The van der Waals surface area contributed by atoms with Crippen LogP contribution in [-0.4, -0.2) is 19.3 Å². The van der Waals surface area contributed by atoms with Crippen LogP contribution in [0.25, 0.3) is 0 Å². The van der Waals surface area contributed by atoms with E-state index in [1.54, 1.807) is 5.38 Å². The molecule has 0 fully saturated rings. The van der Waals surface area contributed by atoms with E-state index in [0.29, 0.717) is 4.47 Å². The molecule has 6 nitrogen and oxygen atoms in total. The van der Waals surface area contributed by atoms with Gasteiger partial charge in [0.25, 0.3) is 15.9 Å². The summed E-state index contributed by atoms with van der Waals surface area (Å²) >= 11 is 4.22. The van der Waals surface area contributed by atoms with Gasteiger partial charge in [-0.05, 0) is 33.4 Å². The van der Waals surface area contributed by atoms with Crippen LogP contribution in [0.3, 0.4) is 0 Å². The number of rotatable bonds is 4. The average molecular weight is 362 g/mol. The molecule has 0 aliphatic rings. The Morgan fingerprint density at radius 1 is 1.42 bits per heavy atom. The number of hydrogen-bond donors (Lipinski definition) is 2. The summed E-state index contributed by atoms with van der Waals surface area (Å²) in [6, 6.07) is 2.87. The highest BCUT2D eigenvalue weighted by atomic mass is 79.9. The van der Waals surface area contributed by atoms with E-state index in [1.807, 2.05) is 0 Å². The third kappa shape index (κ3) is 3.11. The van der Waals surface area contributed by atoms with Gasteiger partial charge in [-0.15, -0.1) is 11.3 Å². The molecular weight excluding hydrogens is 354 g/mol. The monoisotopic (exact) mass is 361 g/mol. The highest BCUT2D eigenvalue weighted by molar-refractivity contribution is 9.10. The van der Waals surface area contributed by atoms with Gasteiger partial charge in [0, 0.05) is 16.9 Å². The van der Waals surface area contributed by atoms with Crippen LogP contribution in [0.1, 0.15) is 10.4 Å². The first-order valence-corrected chi connectivity index (χ1v) is 8.06. The molecule has 19 heavy (non-hydrogen) atoms. The van der Waals surface area contributed by atoms with E-state index in [1.165, 1.54) is 24.5 Å². The summed E-state index contributed by atoms with van der Waals surface area (Å²) in [4.78, 5) is 14.9. The Bertz CT molecular complexity index is 727. The van der Waals surface area contributed by atoms with Crippen LogP contribution in [0.4, 0.5) is 5.00 Å². The van der Waals surface area contributed by atoms with Gasteiger partial charge in [0.05, 0.1) is 5.56 Å². The number of amides is 1. The van der Waals surface area contributed by atoms with Crippen molar-refractivity contribution in [2.45, 2.75) is 4.90 Å². The first-order chi connectivity index (χ1) is 8.90. The Balaban J connectivity index is 2.37. The molecule has 2 aromatic heterocycles. The smallest absolute Gasteiger partial charge is 0.264 e. The topological polar surface area (TPSA) is 102 Å². The molecule has 9 heteroatoms. The van der Waals surface area contributed by atoms with Crippen molar-refractivity contribution in [3.63, 3.8) is 0 Å². The first kappa shape index (κ1) is 14.0. The van der Waals surface area contributed by atoms with E-state index in [4.69, 9.17) is 5.73 Å². The SMILES string of the molecule is NC(=O)c1ccsc1NS(=O)(=O)c1cncc(Br)c1. The van der Waals surface area contributed by atoms with Crippen molar-refractivity contribution in [2.75, 3.05) is 4.72 Å². The number of nitrogens with two attached hydrogens (primary N) is 1. The maximum Gasteiger partial charge on any atom is 0.264 e. The second kappa shape index (κ2) is 5.27. The zero-order valence-corrected chi connectivity index (χ0v) is 12.5. The summed E-state index contributed by atoms with van der Waals surface area (Å²) in [5, 5.41) is 1.77. The third-order valence-electron chi connectivity index (χ3n) is 2.15. The molecule has 0 aromatic carbocycles. The van der Waals surface area contributed by atoms with Crippen molar-refractivity contribution in [3.05, 3.63) is 39.9 Å². The third-order valence-corrected chi connectivity index (χ3v) is 4.86. The Morgan fingerprint density at radius 2 is 2.16 bits per heavy atom. The first-order valence-electron chi connectivity index (χ1n) is 4.91. The molecule has 0 bridgehead atoms. The number of carbonyl (C=O) groups excluding carboxylic acids is 1. The fraction of sp³-hybridized carbons (Fsp3) is 0. The summed E-state index contributed by atoms with van der Waals surface area (Å²) in [7, 11) is -3.80. The van der Waals surface area contributed by atoms with Gasteiger partial charge in [-0.3, -0.25) is 14.5 Å². The molecule has 2 aromatic rings. The summed E-state index contributed by atoms with van der Waals surface area (Å²) in [6.07, 6.45) is 2.68. The Labute approximate surface area is 121 Å². The number of nitrogens with one attached hydrogen (secondary N) is 1. The minimum absolute atomic E-state index is 0.00862. The molecule has 0 radical (unpaired) electrons. The van der Waals surface area contributed by atoms with Gasteiger partial charge in [0.1, 0.15) is 9.90 Å². The summed E-state index contributed by atoms with van der Waals surface area (Å²) < 4.78 is 27.1. The van der Waals surface area contributed by atoms with Gasteiger partial charge in [-0.25, -0.2) is 8.42 Å². The van der Waals surface area contributed by atoms with E-state index >= 15 is 0 Å². The van der Waals surface area contributed by atoms with Crippen LogP contribution in [0.2, 0.25) is 0 Å². The van der Waals surface area contributed by atoms with Gasteiger partial charge >= 0.3 is 0 Å². The lowest BCUT2D eigenvalue weighted by Crippen LogP contribution is -2.17. The van der Waals surface area contributed by atoms with E-state index in [-0.39, 0.29) is 15.5 Å². The quantitative estimate of drug-likeness (QED) is 0.866. The van der Waals surface area contributed by atoms with Crippen molar-refractivity contribution in [3.8, 4) is 0 Å². The van der Waals surface area contributed by atoms with Crippen molar-refractivity contribution < 1.29 is 13.2 Å². The minimum atomic E-state index is -3.80. The molecule has 3 N–H and O–H groups in total. The number of nitrogens with zero attached hydrogens (tertiary/aromatic N) is 1. The number of primary amides is 1. The van der Waals surface area contributed by atoms with E-state index < -0.39 is 15.9 Å². The highest BCUT2D eigenvalue weighted by Crippen LogP contribution is 2.26. The molecule has 100 valence electrons. The lowest BCUT2D eigenvalue weighted by atomic mass is 10.3. The number of anilines is 1. The maximum atomic E-state index is 12.1. The van der Waals surface area contributed by atoms with Crippen LogP contribution in [0.15, 0.2) is 39.3 Å². The second-order valence-electron chi connectivity index (χ2n) is 3.47. The van der Waals surface area contributed by atoms with Crippen molar-refractivity contribution in [2.24, 2.45) is 5.73 Å². The van der Waals surface area contributed by atoms with Crippen LogP contribution >= 0.6 is 27.3 Å². The fourth-order valence-corrected chi connectivity index (χ4v) is 3.93. The highest BCUT2D eigenvalue weighted by Gasteiger charge is 2.19. The zero-order valence-electron chi connectivity index (χ0n) is 9.33. The van der Waals surface area contributed by atoms with Crippen molar-refractivity contribution >= 4 is 48.2 Å². The number of pyridine rings is 1. The van der Waals surface area contributed by atoms with Crippen LogP contribution < -0.4 is 10.5 Å². The summed E-state index contributed by atoms with van der Waals surface area (Å²) in [5.41, 5.74) is 5.29. The standard InChI is InChI=1S/C10H8BrN3O3S2/c11-6-3-7(5-13-4-6)19(16,17)14-10-8(9(12)15)1-2-18-10/h1-5,14H,(H2,12,15). The number of thiophene rings is 1. The molecular formula is C10H8BrN3O3S2. The Kier molecular flexibility index (Phi) is 3.88. The largest absolute Gasteiger partial charge is 0.366 e. The Morgan fingerprint density at radius 3 is 2.79 bits per heavy atom. The molecule has 0 aliphatic carbocycles. The predicted octanol–water partition coefficient (Wildman–Crippen LogP) is 1.81. The van der Waals surface area contributed by atoms with Gasteiger partial charge in [0.2, 0.25) is 0 Å². The molecule has 2 heterocycles. The van der Waals surface area contributed by atoms with Gasteiger partial charge in [-0.1, -0.05) is 0 Å². The van der Waals surface area contributed by atoms with Gasteiger partial charge < -0.3 is 5.73 Å². The normalized spacial score (nSPS) is 11.2. The second-order valence-corrected chi connectivity index (χ2v) is 6.99. The van der Waals surface area contributed by atoms with Gasteiger partial charge in [-0.2, -0.15) is 0 Å². The number of halogens is 1. The van der Waals surface area contributed by atoms with Crippen molar-refractivity contribution in [1.82, 2.24) is 4.98 Å². The zero-order chi connectivity index (χ0) is 14.0. The molecule has 2 rings (SSSR count). The molecule has 0 atom stereocenters. The van der Waals surface area contributed by atoms with Crippen molar-refractivity contribution in [1.29, 1.82) is 0 Å². The minimum Gasteiger partial charge on any atom is -0.366 e.